The summed E-state index contributed by atoms with van der Waals surface area (Å²) in [4.78, 5) is 10.9. The van der Waals surface area contributed by atoms with Crippen molar-refractivity contribution in [2.45, 2.75) is 6.18 Å². The van der Waals surface area contributed by atoms with Gasteiger partial charge in [0, 0.05) is 10.5 Å². The van der Waals surface area contributed by atoms with E-state index in [9.17, 15) is 18.0 Å². The first-order valence-corrected chi connectivity index (χ1v) is 5.38. The van der Waals surface area contributed by atoms with E-state index >= 15 is 0 Å². The largest absolute Gasteiger partial charge is 0.497 e. The molecule has 0 aliphatic carbocycles. The minimum absolute atomic E-state index is 0.0545. The molecule has 0 spiro atoms. The SMILES string of the molecule is COc1cc(Br)c(NC(=O)C(F)(F)F)c(OC)c1. The van der Waals surface area contributed by atoms with Crippen LogP contribution in [0.15, 0.2) is 16.6 Å². The molecule has 0 fully saturated rings. The Morgan fingerprint density at radius 3 is 2.33 bits per heavy atom. The van der Waals surface area contributed by atoms with Crippen LogP contribution in [-0.2, 0) is 4.79 Å². The fourth-order valence-electron chi connectivity index (χ4n) is 1.14. The van der Waals surface area contributed by atoms with Crippen molar-refractivity contribution in [2.24, 2.45) is 0 Å². The Bertz CT molecular complexity index is 462. The number of nitrogens with one attached hydrogen (secondary N) is 1. The second kappa shape index (κ2) is 5.47. The number of rotatable bonds is 3. The van der Waals surface area contributed by atoms with Crippen molar-refractivity contribution in [3.8, 4) is 11.5 Å². The van der Waals surface area contributed by atoms with Gasteiger partial charge in [-0.2, -0.15) is 13.2 Å². The minimum Gasteiger partial charge on any atom is -0.497 e. The molecule has 0 unspecified atom stereocenters. The highest BCUT2D eigenvalue weighted by atomic mass is 79.9. The van der Waals surface area contributed by atoms with Crippen LogP contribution in [0.5, 0.6) is 11.5 Å². The van der Waals surface area contributed by atoms with E-state index in [2.05, 4.69) is 15.9 Å². The monoisotopic (exact) mass is 327 g/mol. The van der Waals surface area contributed by atoms with E-state index in [1.165, 1.54) is 26.4 Å². The lowest BCUT2D eigenvalue weighted by Gasteiger charge is -2.14. The van der Waals surface area contributed by atoms with Crippen LogP contribution in [0.3, 0.4) is 0 Å². The van der Waals surface area contributed by atoms with Crippen LogP contribution in [0, 0.1) is 0 Å². The third kappa shape index (κ3) is 3.28. The summed E-state index contributed by atoms with van der Waals surface area (Å²) >= 11 is 3.03. The third-order valence-electron chi connectivity index (χ3n) is 1.98. The van der Waals surface area contributed by atoms with Gasteiger partial charge < -0.3 is 14.8 Å². The molecule has 1 aromatic carbocycles. The molecule has 0 saturated heterocycles. The molecular weight excluding hydrogens is 319 g/mol. The Morgan fingerprint density at radius 1 is 1.28 bits per heavy atom. The van der Waals surface area contributed by atoms with E-state index in [0.29, 0.717) is 5.75 Å². The number of benzene rings is 1. The summed E-state index contributed by atoms with van der Waals surface area (Å²) in [5, 5.41) is 1.73. The maximum absolute atomic E-state index is 12.2. The van der Waals surface area contributed by atoms with Gasteiger partial charge in [0.25, 0.3) is 0 Å². The Morgan fingerprint density at radius 2 is 1.89 bits per heavy atom. The van der Waals surface area contributed by atoms with Gasteiger partial charge in [-0.25, -0.2) is 0 Å². The Balaban J connectivity index is 3.13. The predicted molar refractivity (Wildman–Crippen MR) is 61.9 cm³/mol. The van der Waals surface area contributed by atoms with Gasteiger partial charge in [-0.15, -0.1) is 0 Å². The topological polar surface area (TPSA) is 47.6 Å². The first-order valence-electron chi connectivity index (χ1n) is 4.59. The summed E-state index contributed by atoms with van der Waals surface area (Å²) in [6.07, 6.45) is -4.97. The number of methoxy groups -OCH3 is 2. The standard InChI is InChI=1S/C10H9BrF3NO3/c1-17-5-3-6(11)8(7(4-5)18-2)15-9(16)10(12,13)14/h3-4H,1-2H3,(H,15,16). The summed E-state index contributed by atoms with van der Waals surface area (Å²) in [7, 11) is 2.67. The Kier molecular flexibility index (Phi) is 4.44. The van der Waals surface area contributed by atoms with Crippen LogP contribution in [0.4, 0.5) is 18.9 Å². The summed E-state index contributed by atoms with van der Waals surface area (Å²) in [6.45, 7) is 0. The molecule has 1 N–H and O–H groups in total. The van der Waals surface area contributed by atoms with Gasteiger partial charge in [0.05, 0.1) is 19.9 Å². The fraction of sp³-hybridized carbons (Fsp3) is 0.300. The molecule has 4 nitrogen and oxygen atoms in total. The normalized spacial score (nSPS) is 11.0. The van der Waals surface area contributed by atoms with Crippen molar-refractivity contribution in [2.75, 3.05) is 19.5 Å². The van der Waals surface area contributed by atoms with Crippen molar-refractivity contribution in [1.29, 1.82) is 0 Å². The molecule has 0 radical (unpaired) electrons. The maximum atomic E-state index is 12.2. The molecule has 1 rings (SSSR count). The van der Waals surface area contributed by atoms with Gasteiger partial charge in [0.1, 0.15) is 11.5 Å². The third-order valence-corrected chi connectivity index (χ3v) is 2.60. The quantitative estimate of drug-likeness (QED) is 0.928. The summed E-state index contributed by atoms with van der Waals surface area (Å²) in [6, 6.07) is 2.77. The van der Waals surface area contributed by atoms with Crippen LogP contribution in [0.1, 0.15) is 0 Å². The lowest BCUT2D eigenvalue weighted by Crippen LogP contribution is -2.30. The zero-order chi connectivity index (χ0) is 13.9. The zero-order valence-electron chi connectivity index (χ0n) is 9.39. The molecule has 8 heteroatoms. The van der Waals surface area contributed by atoms with Crippen molar-refractivity contribution in [1.82, 2.24) is 0 Å². The van der Waals surface area contributed by atoms with Crippen molar-refractivity contribution in [3.05, 3.63) is 16.6 Å². The molecule has 0 saturated carbocycles. The molecule has 0 heterocycles. The molecule has 0 atom stereocenters. The van der Waals surface area contributed by atoms with E-state index in [-0.39, 0.29) is 15.9 Å². The van der Waals surface area contributed by atoms with E-state index in [1.54, 1.807) is 5.32 Å². The highest BCUT2D eigenvalue weighted by Gasteiger charge is 2.39. The molecule has 0 bridgehead atoms. The number of carbonyl (C=O) groups is 1. The van der Waals surface area contributed by atoms with E-state index in [1.807, 2.05) is 0 Å². The molecule has 18 heavy (non-hydrogen) atoms. The number of ether oxygens (including phenoxy) is 2. The van der Waals surface area contributed by atoms with E-state index in [4.69, 9.17) is 9.47 Å². The van der Waals surface area contributed by atoms with Crippen LogP contribution >= 0.6 is 15.9 Å². The van der Waals surface area contributed by atoms with Crippen molar-refractivity contribution >= 4 is 27.5 Å². The van der Waals surface area contributed by atoms with Gasteiger partial charge in [0.15, 0.2) is 0 Å². The molecule has 100 valence electrons. The Hall–Kier alpha value is -1.44. The molecule has 0 aliphatic heterocycles. The van der Waals surface area contributed by atoms with Crippen LogP contribution in [-0.4, -0.2) is 26.3 Å². The summed E-state index contributed by atoms with van der Waals surface area (Å²) in [5.74, 6) is -1.64. The molecular formula is C10H9BrF3NO3. The smallest absolute Gasteiger partial charge is 0.471 e. The van der Waals surface area contributed by atoms with Gasteiger partial charge in [-0.3, -0.25) is 4.79 Å². The second-order valence-electron chi connectivity index (χ2n) is 3.14. The maximum Gasteiger partial charge on any atom is 0.471 e. The van der Waals surface area contributed by atoms with E-state index in [0.717, 1.165) is 0 Å². The molecule has 0 aliphatic rings. The number of hydrogen-bond acceptors (Lipinski definition) is 3. The minimum atomic E-state index is -4.97. The number of alkyl halides is 3. The first-order chi connectivity index (χ1) is 8.29. The van der Waals surface area contributed by atoms with Crippen molar-refractivity contribution in [3.63, 3.8) is 0 Å². The van der Waals surface area contributed by atoms with E-state index < -0.39 is 12.1 Å². The second-order valence-corrected chi connectivity index (χ2v) is 3.99. The van der Waals surface area contributed by atoms with Crippen LogP contribution in [0.2, 0.25) is 0 Å². The van der Waals surface area contributed by atoms with Gasteiger partial charge >= 0.3 is 12.1 Å². The molecule has 1 aromatic rings. The number of amides is 1. The summed E-state index contributed by atoms with van der Waals surface area (Å²) in [5.41, 5.74) is -0.111. The molecule has 0 aromatic heterocycles. The average molecular weight is 328 g/mol. The Labute approximate surface area is 109 Å². The lowest BCUT2D eigenvalue weighted by molar-refractivity contribution is -0.167. The first kappa shape index (κ1) is 14.6. The zero-order valence-corrected chi connectivity index (χ0v) is 11.0. The predicted octanol–water partition coefficient (Wildman–Crippen LogP) is 2.97. The fourth-order valence-corrected chi connectivity index (χ4v) is 1.66. The van der Waals surface area contributed by atoms with Crippen LogP contribution < -0.4 is 14.8 Å². The highest BCUT2D eigenvalue weighted by Crippen LogP contribution is 2.37. The molecule has 1 amide bonds. The highest BCUT2D eigenvalue weighted by molar-refractivity contribution is 9.10. The summed E-state index contributed by atoms with van der Waals surface area (Å²) < 4.78 is 46.5. The average Bonchev–Trinajstić information content (AvgIpc) is 2.29. The van der Waals surface area contributed by atoms with Gasteiger partial charge in [0.2, 0.25) is 0 Å². The lowest BCUT2D eigenvalue weighted by atomic mass is 10.2. The number of carbonyl (C=O) groups excluding carboxylic acids is 1. The van der Waals surface area contributed by atoms with Gasteiger partial charge in [-0.05, 0) is 22.0 Å². The van der Waals surface area contributed by atoms with Crippen molar-refractivity contribution < 1.29 is 27.4 Å². The van der Waals surface area contributed by atoms with Crippen LogP contribution in [0.25, 0.3) is 0 Å². The van der Waals surface area contributed by atoms with Gasteiger partial charge in [-0.1, -0.05) is 0 Å². The number of hydrogen-bond donors (Lipinski definition) is 1. The number of halogens is 4. The number of anilines is 1.